The summed E-state index contributed by atoms with van der Waals surface area (Å²) < 4.78 is 41.3. The molecule has 2 amide bonds. The zero-order valence-corrected chi connectivity index (χ0v) is 15.7. The van der Waals surface area contributed by atoms with Gasteiger partial charge in [0.2, 0.25) is 0 Å². The summed E-state index contributed by atoms with van der Waals surface area (Å²) in [5.41, 5.74) is 1.41. The van der Waals surface area contributed by atoms with E-state index in [-0.39, 0.29) is 17.2 Å². The Bertz CT molecular complexity index is 769. The van der Waals surface area contributed by atoms with Crippen LogP contribution in [0, 0.1) is 0 Å². The van der Waals surface area contributed by atoms with Crippen molar-refractivity contribution < 1.29 is 22.7 Å². The summed E-state index contributed by atoms with van der Waals surface area (Å²) >= 11 is 5.05. The van der Waals surface area contributed by atoms with Crippen molar-refractivity contribution in [2.45, 2.75) is 11.7 Å². The van der Waals surface area contributed by atoms with E-state index in [0.29, 0.717) is 12.2 Å². The van der Waals surface area contributed by atoms with Gasteiger partial charge in [-0.25, -0.2) is 4.79 Å². The van der Waals surface area contributed by atoms with E-state index in [1.54, 1.807) is 16.7 Å². The number of ether oxygens (including phenoxy) is 1. The number of hydrogen-bond acceptors (Lipinski definition) is 3. The number of hydrogen-bond donors (Lipinski definition) is 1. The number of carbonyl (C=O) groups excluding carboxylic acids is 1. The lowest BCUT2D eigenvalue weighted by atomic mass is 10.2. The molecule has 4 nitrogen and oxygen atoms in total. The summed E-state index contributed by atoms with van der Waals surface area (Å²) in [4.78, 5) is 14.3. The quantitative estimate of drug-likeness (QED) is 0.664. The lowest BCUT2D eigenvalue weighted by Gasteiger charge is -2.24. The smallest absolute Gasteiger partial charge is 0.406 e. The maximum Gasteiger partial charge on any atom is 0.573 e. The summed E-state index contributed by atoms with van der Waals surface area (Å²) in [6, 6.07) is 12.5. The number of thioether (sulfide) groups is 1. The number of rotatable bonds is 3. The Labute approximate surface area is 160 Å². The van der Waals surface area contributed by atoms with Gasteiger partial charge in [-0.15, -0.1) is 24.9 Å². The van der Waals surface area contributed by atoms with Crippen LogP contribution in [0.5, 0.6) is 5.75 Å². The zero-order chi connectivity index (χ0) is 18.7. The van der Waals surface area contributed by atoms with Gasteiger partial charge in [0, 0.05) is 22.5 Å². The monoisotopic (exact) mass is 446 g/mol. The van der Waals surface area contributed by atoms with E-state index in [1.807, 2.05) is 24.3 Å². The van der Waals surface area contributed by atoms with Crippen molar-refractivity contribution in [3.63, 3.8) is 0 Å². The van der Waals surface area contributed by atoms with E-state index in [1.165, 1.54) is 12.1 Å². The van der Waals surface area contributed by atoms with Gasteiger partial charge in [0.1, 0.15) is 11.1 Å². The summed E-state index contributed by atoms with van der Waals surface area (Å²) in [5, 5.41) is 2.61. The van der Waals surface area contributed by atoms with Gasteiger partial charge in [0.15, 0.2) is 0 Å². The van der Waals surface area contributed by atoms with Crippen LogP contribution in [0.4, 0.5) is 23.7 Å². The number of benzene rings is 2. The fourth-order valence-corrected chi connectivity index (χ4v) is 4.04. The molecule has 1 unspecified atom stereocenters. The van der Waals surface area contributed by atoms with Crippen molar-refractivity contribution in [2.24, 2.45) is 0 Å². The Kier molecular flexibility index (Phi) is 5.67. The second-order valence-corrected chi connectivity index (χ2v) is 7.57. The SMILES string of the molecule is O=C(Nc1ccc(OC(F)(F)F)cc1)N1CCSC1c1ccc(Br)cc1. The molecule has 2 aromatic rings. The molecular formula is C17H14BrF3N2O2S. The minimum absolute atomic E-state index is 0.101. The normalized spacial score (nSPS) is 17.2. The standard InChI is InChI=1S/C17H14BrF3N2O2S/c18-12-3-1-11(2-4-12)15-23(9-10-26-15)16(24)22-13-5-7-14(8-6-13)25-17(19,20)21/h1-8,15H,9-10H2,(H,22,24). The number of halogens is 4. The van der Waals surface area contributed by atoms with Crippen molar-refractivity contribution in [1.29, 1.82) is 0 Å². The molecule has 1 N–H and O–H groups in total. The molecule has 26 heavy (non-hydrogen) atoms. The van der Waals surface area contributed by atoms with Gasteiger partial charge in [-0.05, 0) is 42.0 Å². The molecule has 0 aliphatic carbocycles. The number of alkyl halides is 3. The van der Waals surface area contributed by atoms with Crippen LogP contribution in [0.1, 0.15) is 10.9 Å². The number of anilines is 1. The maximum atomic E-state index is 12.6. The number of nitrogens with one attached hydrogen (secondary N) is 1. The average molecular weight is 447 g/mol. The van der Waals surface area contributed by atoms with E-state index >= 15 is 0 Å². The topological polar surface area (TPSA) is 41.6 Å². The van der Waals surface area contributed by atoms with Gasteiger partial charge < -0.3 is 15.0 Å². The Morgan fingerprint density at radius 3 is 2.42 bits per heavy atom. The van der Waals surface area contributed by atoms with Crippen LogP contribution >= 0.6 is 27.7 Å². The summed E-state index contributed by atoms with van der Waals surface area (Å²) in [6.07, 6.45) is -4.74. The van der Waals surface area contributed by atoms with Gasteiger partial charge in [0.25, 0.3) is 0 Å². The highest BCUT2D eigenvalue weighted by molar-refractivity contribution is 9.10. The van der Waals surface area contributed by atoms with Gasteiger partial charge in [0.05, 0.1) is 0 Å². The second kappa shape index (κ2) is 7.79. The Balaban J connectivity index is 1.66. The minimum atomic E-state index is -4.74. The molecule has 0 aromatic heterocycles. The summed E-state index contributed by atoms with van der Waals surface area (Å²) in [5.74, 6) is 0.479. The van der Waals surface area contributed by atoms with Crippen molar-refractivity contribution in [3.8, 4) is 5.75 Å². The average Bonchev–Trinajstić information content (AvgIpc) is 3.06. The van der Waals surface area contributed by atoms with Gasteiger partial charge in [-0.3, -0.25) is 0 Å². The van der Waals surface area contributed by atoms with Crippen LogP contribution in [-0.4, -0.2) is 29.6 Å². The lowest BCUT2D eigenvalue weighted by Crippen LogP contribution is -2.34. The Morgan fingerprint density at radius 2 is 1.81 bits per heavy atom. The predicted octanol–water partition coefficient (Wildman–Crippen LogP) is 5.63. The number of carbonyl (C=O) groups is 1. The third kappa shape index (κ3) is 4.85. The van der Waals surface area contributed by atoms with E-state index < -0.39 is 6.36 Å². The summed E-state index contributed by atoms with van der Waals surface area (Å²) in [7, 11) is 0. The number of amides is 2. The molecule has 1 atom stereocenters. The third-order valence-corrected chi connectivity index (χ3v) is 5.44. The van der Waals surface area contributed by atoms with Gasteiger partial charge in [-0.1, -0.05) is 28.1 Å². The number of nitrogens with zero attached hydrogens (tertiary/aromatic N) is 1. The second-order valence-electron chi connectivity index (χ2n) is 5.47. The molecule has 1 aliphatic rings. The van der Waals surface area contributed by atoms with Crippen LogP contribution in [0.2, 0.25) is 0 Å². The molecule has 138 valence electrons. The molecule has 9 heteroatoms. The van der Waals surface area contributed by atoms with Gasteiger partial charge in [-0.2, -0.15) is 0 Å². The fourth-order valence-electron chi connectivity index (χ4n) is 2.52. The first-order chi connectivity index (χ1) is 12.3. The summed E-state index contributed by atoms with van der Waals surface area (Å²) in [6.45, 7) is 0.590. The molecule has 1 aliphatic heterocycles. The molecule has 1 saturated heterocycles. The van der Waals surface area contributed by atoms with Crippen LogP contribution < -0.4 is 10.1 Å². The van der Waals surface area contributed by atoms with Crippen molar-refractivity contribution in [3.05, 3.63) is 58.6 Å². The van der Waals surface area contributed by atoms with Crippen molar-refractivity contribution in [1.82, 2.24) is 4.90 Å². The molecule has 0 saturated carbocycles. The van der Waals surface area contributed by atoms with E-state index in [0.717, 1.165) is 27.9 Å². The van der Waals surface area contributed by atoms with E-state index in [4.69, 9.17) is 0 Å². The molecule has 1 heterocycles. The zero-order valence-electron chi connectivity index (χ0n) is 13.3. The fraction of sp³-hybridized carbons (Fsp3) is 0.235. The first-order valence-corrected chi connectivity index (χ1v) is 9.46. The van der Waals surface area contributed by atoms with Crippen molar-refractivity contribution >= 4 is 39.4 Å². The highest BCUT2D eigenvalue weighted by atomic mass is 79.9. The van der Waals surface area contributed by atoms with Crippen LogP contribution in [0.15, 0.2) is 53.0 Å². The first-order valence-electron chi connectivity index (χ1n) is 7.62. The van der Waals surface area contributed by atoms with E-state index in [2.05, 4.69) is 26.0 Å². The van der Waals surface area contributed by atoms with Crippen LogP contribution in [-0.2, 0) is 0 Å². The molecule has 3 rings (SSSR count). The highest BCUT2D eigenvalue weighted by Crippen LogP contribution is 2.38. The third-order valence-electron chi connectivity index (χ3n) is 3.65. The Morgan fingerprint density at radius 1 is 1.15 bits per heavy atom. The molecule has 0 spiro atoms. The highest BCUT2D eigenvalue weighted by Gasteiger charge is 2.32. The lowest BCUT2D eigenvalue weighted by molar-refractivity contribution is -0.274. The van der Waals surface area contributed by atoms with Gasteiger partial charge >= 0.3 is 12.4 Å². The Hall–Kier alpha value is -1.87. The molecule has 2 aromatic carbocycles. The van der Waals surface area contributed by atoms with Crippen LogP contribution in [0.25, 0.3) is 0 Å². The predicted molar refractivity (Wildman–Crippen MR) is 98.2 cm³/mol. The maximum absolute atomic E-state index is 12.6. The minimum Gasteiger partial charge on any atom is -0.406 e. The van der Waals surface area contributed by atoms with Crippen LogP contribution in [0.3, 0.4) is 0 Å². The molecular weight excluding hydrogens is 433 g/mol. The van der Waals surface area contributed by atoms with Crippen molar-refractivity contribution in [2.75, 3.05) is 17.6 Å². The molecule has 0 radical (unpaired) electrons. The number of urea groups is 1. The van der Waals surface area contributed by atoms with E-state index in [9.17, 15) is 18.0 Å². The largest absolute Gasteiger partial charge is 0.573 e. The molecule has 1 fully saturated rings. The molecule has 0 bridgehead atoms. The first kappa shape index (κ1) is 18.9.